The molecule has 98 valence electrons. The number of hydrogen-bond donors (Lipinski definition) is 2. The Balaban J connectivity index is 2.19. The fraction of sp³-hybridized carbons (Fsp3) is 0.500. The van der Waals surface area contributed by atoms with E-state index in [-0.39, 0.29) is 11.2 Å². The molecule has 0 radical (unpaired) electrons. The summed E-state index contributed by atoms with van der Waals surface area (Å²) in [5, 5.41) is 6.11. The lowest BCUT2D eigenvalue weighted by Gasteiger charge is -2.25. The van der Waals surface area contributed by atoms with Crippen molar-refractivity contribution in [3.05, 3.63) is 23.8 Å². The van der Waals surface area contributed by atoms with Gasteiger partial charge in [0.05, 0.1) is 10.9 Å². The molecule has 0 saturated carbocycles. The largest absolute Gasteiger partial charge is 0.324 e. The van der Waals surface area contributed by atoms with Gasteiger partial charge in [-0.1, -0.05) is 19.9 Å². The van der Waals surface area contributed by atoms with Crippen LogP contribution in [0.5, 0.6) is 0 Å². The first-order valence-corrected chi connectivity index (χ1v) is 7.26. The molecule has 1 aromatic rings. The van der Waals surface area contributed by atoms with Crippen LogP contribution in [0.25, 0.3) is 0 Å². The van der Waals surface area contributed by atoms with Crippen LogP contribution in [0.3, 0.4) is 0 Å². The predicted molar refractivity (Wildman–Crippen MR) is 77.3 cm³/mol. The number of fused-ring (bicyclic) bond motifs is 1. The molecule has 0 saturated heterocycles. The first-order valence-electron chi connectivity index (χ1n) is 6.38. The van der Waals surface area contributed by atoms with E-state index in [9.17, 15) is 4.79 Å². The van der Waals surface area contributed by atoms with Gasteiger partial charge in [-0.2, -0.15) is 0 Å². The summed E-state index contributed by atoms with van der Waals surface area (Å²) in [5.74, 6) is 0.643. The van der Waals surface area contributed by atoms with Crippen LogP contribution in [0.1, 0.15) is 31.7 Å². The lowest BCUT2D eigenvalue weighted by Crippen LogP contribution is -2.31. The van der Waals surface area contributed by atoms with Crippen molar-refractivity contribution in [3.63, 3.8) is 0 Å². The van der Waals surface area contributed by atoms with E-state index in [4.69, 9.17) is 0 Å². The maximum absolute atomic E-state index is 11.9. The van der Waals surface area contributed by atoms with E-state index >= 15 is 0 Å². The minimum atomic E-state index is 0.0207. The van der Waals surface area contributed by atoms with Crippen LogP contribution in [-0.2, 0) is 4.79 Å². The van der Waals surface area contributed by atoms with Crippen LogP contribution in [0, 0.1) is 0 Å². The summed E-state index contributed by atoms with van der Waals surface area (Å²) in [7, 11) is 1.91. The van der Waals surface area contributed by atoms with Gasteiger partial charge in [-0.05, 0) is 43.6 Å². The second-order valence-corrected chi connectivity index (χ2v) is 6.14. The summed E-state index contributed by atoms with van der Waals surface area (Å²) in [6.07, 6.45) is 0.859. The highest BCUT2D eigenvalue weighted by Gasteiger charge is 2.26. The lowest BCUT2D eigenvalue weighted by atomic mass is 10.0. The number of thioether (sulfide) groups is 1. The van der Waals surface area contributed by atoms with Crippen molar-refractivity contribution in [1.29, 1.82) is 0 Å². The Morgan fingerprint density at radius 1 is 1.44 bits per heavy atom. The van der Waals surface area contributed by atoms with Gasteiger partial charge in [0.2, 0.25) is 5.91 Å². The van der Waals surface area contributed by atoms with Crippen molar-refractivity contribution in [2.75, 3.05) is 18.9 Å². The minimum Gasteiger partial charge on any atom is -0.324 e. The topological polar surface area (TPSA) is 41.1 Å². The molecule has 0 spiro atoms. The smallest absolute Gasteiger partial charge is 0.237 e. The Hall–Kier alpha value is -1.00. The fourth-order valence-electron chi connectivity index (χ4n) is 1.98. The first kappa shape index (κ1) is 13.4. The molecule has 0 fully saturated rings. The fourth-order valence-corrected chi connectivity index (χ4v) is 3.14. The summed E-state index contributed by atoms with van der Waals surface area (Å²) in [4.78, 5) is 13.1. The molecule has 1 aliphatic rings. The third-order valence-corrected chi connectivity index (χ3v) is 4.47. The molecule has 3 nitrogen and oxygen atoms in total. The van der Waals surface area contributed by atoms with E-state index < -0.39 is 0 Å². The maximum atomic E-state index is 11.9. The number of carbonyl (C=O) groups is 1. The van der Waals surface area contributed by atoms with Gasteiger partial charge >= 0.3 is 0 Å². The normalized spacial score (nSPS) is 18.7. The third-order valence-electron chi connectivity index (χ3n) is 3.15. The zero-order chi connectivity index (χ0) is 13.1. The molecular weight excluding hydrogens is 244 g/mol. The van der Waals surface area contributed by atoms with Crippen molar-refractivity contribution in [2.24, 2.45) is 0 Å². The molecule has 18 heavy (non-hydrogen) atoms. The summed E-state index contributed by atoms with van der Waals surface area (Å²) in [5.41, 5.74) is 2.28. The summed E-state index contributed by atoms with van der Waals surface area (Å²) in [6, 6.07) is 6.32. The molecular formula is C14H20N2OS. The van der Waals surface area contributed by atoms with E-state index in [2.05, 4.69) is 36.6 Å². The highest BCUT2D eigenvalue weighted by molar-refractivity contribution is 8.01. The first-order chi connectivity index (χ1) is 8.61. The number of rotatable bonds is 4. The molecule has 4 heteroatoms. The molecule has 2 rings (SSSR count). The van der Waals surface area contributed by atoms with Crippen LogP contribution in [0.2, 0.25) is 0 Å². The zero-order valence-electron chi connectivity index (χ0n) is 11.1. The predicted octanol–water partition coefficient (Wildman–Crippen LogP) is 2.83. The lowest BCUT2D eigenvalue weighted by molar-refractivity contribution is -0.115. The number of anilines is 1. The Morgan fingerprint density at radius 3 is 2.89 bits per heavy atom. The Morgan fingerprint density at radius 2 is 2.22 bits per heavy atom. The van der Waals surface area contributed by atoms with E-state index in [1.54, 1.807) is 11.8 Å². The molecule has 1 aliphatic heterocycles. The summed E-state index contributed by atoms with van der Waals surface area (Å²) in [6.45, 7) is 5.24. The third kappa shape index (κ3) is 2.87. The van der Waals surface area contributed by atoms with Gasteiger partial charge < -0.3 is 10.6 Å². The monoisotopic (exact) mass is 264 g/mol. The number of amides is 1. The SMILES string of the molecule is CNCCC1Sc2cc(C(C)C)ccc2NC1=O. The molecule has 1 atom stereocenters. The van der Waals surface area contributed by atoms with Crippen molar-refractivity contribution >= 4 is 23.4 Å². The average Bonchev–Trinajstić information content (AvgIpc) is 2.35. The van der Waals surface area contributed by atoms with Crippen LogP contribution in [-0.4, -0.2) is 24.7 Å². The Kier molecular flexibility index (Phi) is 4.30. The molecule has 1 amide bonds. The average molecular weight is 264 g/mol. The summed E-state index contributed by atoms with van der Waals surface area (Å²) < 4.78 is 0. The van der Waals surface area contributed by atoms with E-state index in [0.717, 1.165) is 18.7 Å². The Bertz CT molecular complexity index is 445. The zero-order valence-corrected chi connectivity index (χ0v) is 11.9. The number of nitrogens with one attached hydrogen (secondary N) is 2. The molecule has 0 aromatic heterocycles. The second kappa shape index (κ2) is 5.76. The van der Waals surface area contributed by atoms with E-state index in [1.165, 1.54) is 10.5 Å². The van der Waals surface area contributed by atoms with Crippen molar-refractivity contribution in [2.45, 2.75) is 36.3 Å². The number of benzene rings is 1. The van der Waals surface area contributed by atoms with Crippen LogP contribution < -0.4 is 10.6 Å². The van der Waals surface area contributed by atoms with Gasteiger partial charge in [-0.3, -0.25) is 4.79 Å². The van der Waals surface area contributed by atoms with Gasteiger partial charge in [-0.15, -0.1) is 11.8 Å². The van der Waals surface area contributed by atoms with Crippen molar-refractivity contribution in [3.8, 4) is 0 Å². The molecule has 1 aromatic carbocycles. The van der Waals surface area contributed by atoms with E-state index in [0.29, 0.717) is 5.92 Å². The highest BCUT2D eigenvalue weighted by atomic mass is 32.2. The number of carbonyl (C=O) groups excluding carboxylic acids is 1. The van der Waals surface area contributed by atoms with Crippen LogP contribution >= 0.6 is 11.8 Å². The van der Waals surface area contributed by atoms with Crippen LogP contribution in [0.15, 0.2) is 23.1 Å². The minimum absolute atomic E-state index is 0.0207. The van der Waals surface area contributed by atoms with Gasteiger partial charge in [0, 0.05) is 4.90 Å². The van der Waals surface area contributed by atoms with Gasteiger partial charge in [0.25, 0.3) is 0 Å². The molecule has 2 N–H and O–H groups in total. The maximum Gasteiger partial charge on any atom is 0.237 e. The molecule has 0 aliphatic carbocycles. The van der Waals surface area contributed by atoms with Gasteiger partial charge in [-0.25, -0.2) is 0 Å². The van der Waals surface area contributed by atoms with Crippen molar-refractivity contribution < 1.29 is 4.79 Å². The number of hydrogen-bond acceptors (Lipinski definition) is 3. The van der Waals surface area contributed by atoms with Gasteiger partial charge in [0.1, 0.15) is 0 Å². The molecule has 0 bridgehead atoms. The molecule has 1 heterocycles. The van der Waals surface area contributed by atoms with Gasteiger partial charge in [0.15, 0.2) is 0 Å². The standard InChI is InChI=1S/C14H20N2OS/c1-9(2)10-4-5-11-13(8-10)18-12(6-7-15-3)14(17)16-11/h4-5,8-9,12,15H,6-7H2,1-3H3,(H,16,17). The second-order valence-electron chi connectivity index (χ2n) is 4.90. The quantitative estimate of drug-likeness (QED) is 0.878. The highest BCUT2D eigenvalue weighted by Crippen LogP contribution is 2.38. The van der Waals surface area contributed by atoms with E-state index in [1.807, 2.05) is 13.1 Å². The van der Waals surface area contributed by atoms with Crippen molar-refractivity contribution in [1.82, 2.24) is 5.32 Å². The Labute approximate surface area is 113 Å². The molecule has 1 unspecified atom stereocenters. The van der Waals surface area contributed by atoms with Crippen LogP contribution in [0.4, 0.5) is 5.69 Å². The summed E-state index contributed by atoms with van der Waals surface area (Å²) >= 11 is 1.68.